The second-order valence-electron chi connectivity index (χ2n) is 4.89. The Morgan fingerprint density at radius 1 is 1.00 bits per heavy atom. The summed E-state index contributed by atoms with van der Waals surface area (Å²) in [5.74, 6) is 0.933. The van der Waals surface area contributed by atoms with Gasteiger partial charge in [-0.05, 0) is 24.1 Å². The summed E-state index contributed by atoms with van der Waals surface area (Å²) in [5.41, 5.74) is 2.44. The molecule has 0 aromatic heterocycles. The van der Waals surface area contributed by atoms with Crippen LogP contribution < -0.4 is 10.1 Å². The molecule has 2 aromatic rings. The van der Waals surface area contributed by atoms with Crippen molar-refractivity contribution < 1.29 is 4.74 Å². The van der Waals surface area contributed by atoms with Crippen LogP contribution in [0.25, 0.3) is 0 Å². The van der Waals surface area contributed by atoms with E-state index in [4.69, 9.17) is 4.74 Å². The number of unbranched alkanes of at least 4 members (excludes halogenated alkanes) is 1. The highest BCUT2D eigenvalue weighted by Crippen LogP contribution is 2.17. The van der Waals surface area contributed by atoms with Crippen LogP contribution in [-0.2, 0) is 6.42 Å². The molecule has 0 saturated carbocycles. The van der Waals surface area contributed by atoms with E-state index >= 15 is 0 Å². The molecule has 0 aliphatic rings. The van der Waals surface area contributed by atoms with Gasteiger partial charge in [0.2, 0.25) is 0 Å². The Morgan fingerprint density at radius 3 is 2.65 bits per heavy atom. The number of ether oxygens (including phenoxy) is 1. The summed E-state index contributed by atoms with van der Waals surface area (Å²) in [6, 6.07) is 18.6. The lowest BCUT2D eigenvalue weighted by molar-refractivity contribution is 0.322. The molecule has 0 spiro atoms. The zero-order valence-corrected chi connectivity index (χ0v) is 12.1. The lowest BCUT2D eigenvalue weighted by Crippen LogP contribution is -2.03. The number of benzene rings is 2. The molecule has 2 aromatic carbocycles. The molecule has 0 aliphatic heterocycles. The Kier molecular flexibility index (Phi) is 5.97. The second-order valence-corrected chi connectivity index (χ2v) is 4.89. The maximum atomic E-state index is 5.82. The Morgan fingerprint density at radius 2 is 1.85 bits per heavy atom. The molecule has 2 heteroatoms. The van der Waals surface area contributed by atoms with E-state index in [9.17, 15) is 0 Å². The third-order valence-electron chi connectivity index (χ3n) is 3.20. The first-order valence-electron chi connectivity index (χ1n) is 7.39. The molecule has 1 N–H and O–H groups in total. The van der Waals surface area contributed by atoms with E-state index in [2.05, 4.69) is 48.6 Å². The predicted molar refractivity (Wildman–Crippen MR) is 85.5 cm³/mol. The highest BCUT2D eigenvalue weighted by molar-refractivity contribution is 5.48. The summed E-state index contributed by atoms with van der Waals surface area (Å²) >= 11 is 0. The molecule has 20 heavy (non-hydrogen) atoms. The van der Waals surface area contributed by atoms with Gasteiger partial charge in [-0.2, -0.15) is 0 Å². The summed E-state index contributed by atoms with van der Waals surface area (Å²) in [5, 5.41) is 3.41. The maximum absolute atomic E-state index is 5.82. The molecule has 0 unspecified atom stereocenters. The first kappa shape index (κ1) is 14.4. The van der Waals surface area contributed by atoms with Crippen LogP contribution in [0.1, 0.15) is 25.3 Å². The fraction of sp³-hybridized carbons (Fsp3) is 0.333. The van der Waals surface area contributed by atoms with E-state index < -0.39 is 0 Å². The minimum Gasteiger partial charge on any atom is -0.493 e. The van der Waals surface area contributed by atoms with Gasteiger partial charge in [-0.25, -0.2) is 0 Å². The largest absolute Gasteiger partial charge is 0.493 e. The average Bonchev–Trinajstić information content (AvgIpc) is 2.49. The standard InChI is InChI=1S/C18H23NO/c1-2-3-13-19-17-10-7-11-18(15-17)20-14-12-16-8-5-4-6-9-16/h4-11,15,19H,2-3,12-14H2,1H3. The number of hydrogen-bond donors (Lipinski definition) is 1. The van der Waals surface area contributed by atoms with Crippen LogP contribution >= 0.6 is 0 Å². The van der Waals surface area contributed by atoms with Gasteiger partial charge >= 0.3 is 0 Å². The molecule has 0 radical (unpaired) electrons. The van der Waals surface area contributed by atoms with Crippen LogP contribution in [0.5, 0.6) is 5.75 Å². The monoisotopic (exact) mass is 269 g/mol. The highest BCUT2D eigenvalue weighted by atomic mass is 16.5. The number of rotatable bonds is 8. The van der Waals surface area contributed by atoms with Crippen LogP contribution in [0.3, 0.4) is 0 Å². The van der Waals surface area contributed by atoms with Crippen molar-refractivity contribution in [1.29, 1.82) is 0 Å². The molecule has 0 saturated heterocycles. The van der Waals surface area contributed by atoms with Crippen molar-refractivity contribution in [2.45, 2.75) is 26.2 Å². The fourth-order valence-corrected chi connectivity index (χ4v) is 2.04. The van der Waals surface area contributed by atoms with Gasteiger partial charge in [0.05, 0.1) is 6.61 Å². The molecular formula is C18H23NO. The van der Waals surface area contributed by atoms with Gasteiger partial charge in [0, 0.05) is 24.7 Å². The normalized spacial score (nSPS) is 10.2. The van der Waals surface area contributed by atoms with Gasteiger partial charge in [0.15, 0.2) is 0 Å². The predicted octanol–water partition coefficient (Wildman–Crippen LogP) is 4.52. The van der Waals surface area contributed by atoms with Gasteiger partial charge in [0.25, 0.3) is 0 Å². The Bertz CT molecular complexity index is 496. The summed E-state index contributed by atoms with van der Waals surface area (Å²) in [6.45, 7) is 3.93. The molecule has 0 amide bonds. The van der Waals surface area contributed by atoms with Gasteiger partial charge in [-0.1, -0.05) is 49.7 Å². The van der Waals surface area contributed by atoms with E-state index in [1.807, 2.05) is 18.2 Å². The van der Waals surface area contributed by atoms with E-state index in [1.54, 1.807) is 0 Å². The Balaban J connectivity index is 1.79. The molecule has 2 nitrogen and oxygen atoms in total. The molecule has 2 rings (SSSR count). The quantitative estimate of drug-likeness (QED) is 0.711. The SMILES string of the molecule is CCCCNc1cccc(OCCc2ccccc2)c1. The number of anilines is 1. The molecule has 0 heterocycles. The molecular weight excluding hydrogens is 246 g/mol. The van der Waals surface area contributed by atoms with Crippen LogP contribution in [0.4, 0.5) is 5.69 Å². The van der Waals surface area contributed by atoms with Crippen LogP contribution in [0, 0.1) is 0 Å². The fourth-order valence-electron chi connectivity index (χ4n) is 2.04. The molecule has 0 fully saturated rings. The van der Waals surface area contributed by atoms with Crippen LogP contribution in [0.2, 0.25) is 0 Å². The maximum Gasteiger partial charge on any atom is 0.121 e. The van der Waals surface area contributed by atoms with Gasteiger partial charge in [-0.3, -0.25) is 0 Å². The summed E-state index contributed by atoms with van der Waals surface area (Å²) < 4.78 is 5.82. The van der Waals surface area contributed by atoms with Crippen molar-refractivity contribution in [3.63, 3.8) is 0 Å². The van der Waals surface area contributed by atoms with Crippen molar-refractivity contribution in [2.24, 2.45) is 0 Å². The van der Waals surface area contributed by atoms with Gasteiger partial charge < -0.3 is 10.1 Å². The van der Waals surface area contributed by atoms with Gasteiger partial charge in [0.1, 0.15) is 5.75 Å². The van der Waals surface area contributed by atoms with E-state index in [0.29, 0.717) is 6.61 Å². The van der Waals surface area contributed by atoms with Crippen LogP contribution in [-0.4, -0.2) is 13.2 Å². The van der Waals surface area contributed by atoms with Crippen molar-refractivity contribution in [1.82, 2.24) is 0 Å². The lowest BCUT2D eigenvalue weighted by Gasteiger charge is -2.09. The zero-order valence-electron chi connectivity index (χ0n) is 12.1. The smallest absolute Gasteiger partial charge is 0.121 e. The number of hydrogen-bond acceptors (Lipinski definition) is 2. The van der Waals surface area contributed by atoms with E-state index in [0.717, 1.165) is 24.4 Å². The molecule has 0 atom stereocenters. The minimum absolute atomic E-state index is 0.711. The van der Waals surface area contributed by atoms with E-state index in [1.165, 1.54) is 18.4 Å². The molecule has 106 valence electrons. The van der Waals surface area contributed by atoms with Crippen molar-refractivity contribution in [3.8, 4) is 5.75 Å². The Labute approximate surface area is 121 Å². The van der Waals surface area contributed by atoms with E-state index in [-0.39, 0.29) is 0 Å². The topological polar surface area (TPSA) is 21.3 Å². The first-order chi connectivity index (χ1) is 9.88. The molecule has 0 bridgehead atoms. The minimum atomic E-state index is 0.711. The van der Waals surface area contributed by atoms with Crippen molar-refractivity contribution in [2.75, 3.05) is 18.5 Å². The number of nitrogens with one attached hydrogen (secondary N) is 1. The first-order valence-corrected chi connectivity index (χ1v) is 7.39. The second kappa shape index (κ2) is 8.26. The third kappa shape index (κ3) is 4.96. The molecule has 0 aliphatic carbocycles. The van der Waals surface area contributed by atoms with Crippen LogP contribution in [0.15, 0.2) is 54.6 Å². The average molecular weight is 269 g/mol. The zero-order chi connectivity index (χ0) is 14.0. The summed E-state index contributed by atoms with van der Waals surface area (Å²) in [4.78, 5) is 0. The Hall–Kier alpha value is -1.96. The van der Waals surface area contributed by atoms with Gasteiger partial charge in [-0.15, -0.1) is 0 Å². The highest BCUT2D eigenvalue weighted by Gasteiger charge is 1.97. The summed E-state index contributed by atoms with van der Waals surface area (Å²) in [6.07, 6.45) is 3.34. The van der Waals surface area contributed by atoms with Crippen molar-refractivity contribution in [3.05, 3.63) is 60.2 Å². The lowest BCUT2D eigenvalue weighted by atomic mass is 10.2. The third-order valence-corrected chi connectivity index (χ3v) is 3.20. The summed E-state index contributed by atoms with van der Waals surface area (Å²) in [7, 11) is 0. The van der Waals surface area contributed by atoms with Crippen molar-refractivity contribution >= 4 is 5.69 Å².